The number of anilines is 1. The van der Waals surface area contributed by atoms with E-state index in [0.717, 1.165) is 30.4 Å². The van der Waals surface area contributed by atoms with Gasteiger partial charge in [-0.05, 0) is 42.5 Å². The summed E-state index contributed by atoms with van der Waals surface area (Å²) in [6.45, 7) is 1.48. The molecule has 2 aromatic rings. The summed E-state index contributed by atoms with van der Waals surface area (Å²) in [5.41, 5.74) is 1.99. The minimum absolute atomic E-state index is 0.00868. The molecule has 0 radical (unpaired) electrons. The maximum Gasteiger partial charge on any atom is 0.265 e. The zero-order chi connectivity index (χ0) is 18.8. The highest BCUT2D eigenvalue weighted by atomic mass is 79.9. The SMILES string of the molecule is O=C(CN1C(=O)COc2cc(Br)ccc21)N1CCC(c2ccccc2)CC1. The summed E-state index contributed by atoms with van der Waals surface area (Å²) in [7, 11) is 0. The van der Waals surface area contributed by atoms with Crippen molar-refractivity contribution < 1.29 is 14.3 Å². The van der Waals surface area contributed by atoms with Gasteiger partial charge in [0.25, 0.3) is 5.91 Å². The molecule has 2 aliphatic heterocycles. The molecule has 5 nitrogen and oxygen atoms in total. The molecule has 4 rings (SSSR count). The molecule has 2 amide bonds. The van der Waals surface area contributed by atoms with Gasteiger partial charge in [0.1, 0.15) is 12.3 Å². The van der Waals surface area contributed by atoms with E-state index in [1.807, 2.05) is 29.2 Å². The molecule has 0 spiro atoms. The topological polar surface area (TPSA) is 49.9 Å². The monoisotopic (exact) mass is 428 g/mol. The van der Waals surface area contributed by atoms with Crippen molar-refractivity contribution in [2.24, 2.45) is 0 Å². The average Bonchev–Trinajstić information content (AvgIpc) is 2.71. The summed E-state index contributed by atoms with van der Waals surface area (Å²) in [5, 5.41) is 0. The Morgan fingerprint density at radius 2 is 1.85 bits per heavy atom. The third-order valence-corrected chi connectivity index (χ3v) is 5.77. The number of piperidine rings is 1. The van der Waals surface area contributed by atoms with Crippen LogP contribution in [0.5, 0.6) is 5.75 Å². The van der Waals surface area contributed by atoms with Crippen LogP contribution in [0.25, 0.3) is 0 Å². The van der Waals surface area contributed by atoms with Crippen molar-refractivity contribution in [1.29, 1.82) is 0 Å². The third-order valence-electron chi connectivity index (χ3n) is 5.28. The number of halogens is 1. The zero-order valence-corrected chi connectivity index (χ0v) is 16.5. The van der Waals surface area contributed by atoms with Crippen molar-refractivity contribution in [2.45, 2.75) is 18.8 Å². The molecule has 2 aliphatic rings. The molecular weight excluding hydrogens is 408 g/mol. The maximum absolute atomic E-state index is 12.8. The van der Waals surface area contributed by atoms with Gasteiger partial charge in [-0.1, -0.05) is 46.3 Å². The van der Waals surface area contributed by atoms with Crippen molar-refractivity contribution in [3.05, 3.63) is 58.6 Å². The number of amides is 2. The highest BCUT2D eigenvalue weighted by Crippen LogP contribution is 2.34. The Morgan fingerprint density at radius 3 is 2.59 bits per heavy atom. The molecular formula is C21H21BrN2O3. The lowest BCUT2D eigenvalue weighted by Crippen LogP contribution is -2.48. The largest absolute Gasteiger partial charge is 0.482 e. The first-order valence-corrected chi connectivity index (χ1v) is 9.96. The molecule has 1 saturated heterocycles. The first kappa shape index (κ1) is 18.0. The number of fused-ring (bicyclic) bond motifs is 1. The molecule has 2 heterocycles. The van der Waals surface area contributed by atoms with E-state index in [-0.39, 0.29) is 25.0 Å². The van der Waals surface area contributed by atoms with Crippen LogP contribution in [0.15, 0.2) is 53.0 Å². The number of likely N-dealkylation sites (tertiary alicyclic amines) is 1. The molecule has 0 aromatic heterocycles. The van der Waals surface area contributed by atoms with Crippen LogP contribution in [0.2, 0.25) is 0 Å². The van der Waals surface area contributed by atoms with Crippen LogP contribution in [-0.2, 0) is 9.59 Å². The number of benzene rings is 2. The summed E-state index contributed by atoms with van der Waals surface area (Å²) in [6, 6.07) is 15.9. The normalized spacial score (nSPS) is 17.4. The number of carbonyl (C=O) groups excluding carboxylic acids is 2. The minimum atomic E-state index is -0.183. The summed E-state index contributed by atoms with van der Waals surface area (Å²) >= 11 is 3.41. The first-order valence-electron chi connectivity index (χ1n) is 9.17. The van der Waals surface area contributed by atoms with Gasteiger partial charge in [-0.25, -0.2) is 0 Å². The summed E-state index contributed by atoms with van der Waals surface area (Å²) in [6.07, 6.45) is 1.91. The molecule has 0 unspecified atom stereocenters. The molecule has 1 fully saturated rings. The van der Waals surface area contributed by atoms with Gasteiger partial charge in [0.2, 0.25) is 5.91 Å². The van der Waals surface area contributed by atoms with Gasteiger partial charge in [0, 0.05) is 17.6 Å². The van der Waals surface area contributed by atoms with E-state index in [1.54, 1.807) is 0 Å². The van der Waals surface area contributed by atoms with E-state index >= 15 is 0 Å². The fourth-order valence-corrected chi connectivity index (χ4v) is 4.11. The average molecular weight is 429 g/mol. The highest BCUT2D eigenvalue weighted by Gasteiger charge is 2.30. The van der Waals surface area contributed by atoms with Crippen LogP contribution >= 0.6 is 15.9 Å². The molecule has 27 heavy (non-hydrogen) atoms. The molecule has 140 valence electrons. The smallest absolute Gasteiger partial charge is 0.265 e. The number of nitrogens with zero attached hydrogens (tertiary/aromatic N) is 2. The zero-order valence-electron chi connectivity index (χ0n) is 14.9. The lowest BCUT2D eigenvalue weighted by Gasteiger charge is -2.35. The Bertz CT molecular complexity index is 848. The van der Waals surface area contributed by atoms with Crippen molar-refractivity contribution in [2.75, 3.05) is 31.1 Å². The maximum atomic E-state index is 12.8. The van der Waals surface area contributed by atoms with E-state index < -0.39 is 0 Å². The quantitative estimate of drug-likeness (QED) is 0.750. The number of hydrogen-bond donors (Lipinski definition) is 0. The molecule has 0 bridgehead atoms. The standard InChI is InChI=1S/C21H21BrN2O3/c22-17-6-7-18-19(12-17)27-14-21(26)24(18)13-20(25)23-10-8-16(9-11-23)15-4-2-1-3-5-15/h1-7,12,16H,8-11,13-14H2. The van der Waals surface area contributed by atoms with Gasteiger partial charge < -0.3 is 9.64 Å². The van der Waals surface area contributed by atoms with Crippen LogP contribution in [0.4, 0.5) is 5.69 Å². The summed E-state index contributed by atoms with van der Waals surface area (Å²) in [5.74, 6) is 0.931. The molecule has 0 N–H and O–H groups in total. The number of rotatable bonds is 3. The summed E-state index contributed by atoms with van der Waals surface area (Å²) < 4.78 is 6.37. The second-order valence-electron chi connectivity index (χ2n) is 6.95. The number of hydrogen-bond acceptors (Lipinski definition) is 3. The Hall–Kier alpha value is -2.34. The minimum Gasteiger partial charge on any atom is -0.482 e. The van der Waals surface area contributed by atoms with Crippen LogP contribution in [0, 0.1) is 0 Å². The van der Waals surface area contributed by atoms with Gasteiger partial charge in [-0.3, -0.25) is 14.5 Å². The second kappa shape index (κ2) is 7.72. The van der Waals surface area contributed by atoms with Crippen LogP contribution in [0.1, 0.15) is 24.3 Å². The van der Waals surface area contributed by atoms with E-state index in [2.05, 4.69) is 40.2 Å². The van der Waals surface area contributed by atoms with E-state index in [9.17, 15) is 9.59 Å². The van der Waals surface area contributed by atoms with Crippen molar-refractivity contribution in [1.82, 2.24) is 4.90 Å². The third kappa shape index (κ3) is 3.86. The van der Waals surface area contributed by atoms with Crippen LogP contribution in [0.3, 0.4) is 0 Å². The highest BCUT2D eigenvalue weighted by molar-refractivity contribution is 9.10. The van der Waals surface area contributed by atoms with Gasteiger partial charge in [0.05, 0.1) is 5.69 Å². The molecule has 0 atom stereocenters. The Labute approximate surface area is 167 Å². The Morgan fingerprint density at radius 1 is 1.11 bits per heavy atom. The first-order chi connectivity index (χ1) is 13.1. The fourth-order valence-electron chi connectivity index (χ4n) is 3.77. The van der Waals surface area contributed by atoms with E-state index in [4.69, 9.17) is 4.74 Å². The van der Waals surface area contributed by atoms with Crippen molar-refractivity contribution in [3.8, 4) is 5.75 Å². The second-order valence-corrected chi connectivity index (χ2v) is 7.86. The van der Waals surface area contributed by atoms with Crippen LogP contribution < -0.4 is 9.64 Å². The van der Waals surface area contributed by atoms with Crippen molar-refractivity contribution >= 4 is 33.4 Å². The summed E-state index contributed by atoms with van der Waals surface area (Å²) in [4.78, 5) is 28.5. The Kier molecular flexibility index (Phi) is 5.16. The number of ether oxygens (including phenoxy) is 1. The molecule has 0 saturated carbocycles. The molecule has 2 aromatic carbocycles. The lowest BCUT2D eigenvalue weighted by atomic mass is 9.89. The molecule has 6 heteroatoms. The molecule has 0 aliphatic carbocycles. The van der Waals surface area contributed by atoms with Gasteiger partial charge in [-0.15, -0.1) is 0 Å². The number of carbonyl (C=O) groups is 2. The van der Waals surface area contributed by atoms with Gasteiger partial charge in [-0.2, -0.15) is 0 Å². The van der Waals surface area contributed by atoms with Gasteiger partial charge in [0.15, 0.2) is 6.61 Å². The fraction of sp³-hybridized carbons (Fsp3) is 0.333. The lowest BCUT2D eigenvalue weighted by molar-refractivity contribution is -0.132. The van der Waals surface area contributed by atoms with Gasteiger partial charge >= 0.3 is 0 Å². The predicted octanol–water partition coefficient (Wildman–Crippen LogP) is 3.58. The van der Waals surface area contributed by atoms with Crippen molar-refractivity contribution in [3.63, 3.8) is 0 Å². The Balaban J connectivity index is 1.41. The predicted molar refractivity (Wildman–Crippen MR) is 107 cm³/mol. The van der Waals surface area contributed by atoms with E-state index in [1.165, 1.54) is 10.5 Å². The van der Waals surface area contributed by atoms with Crippen LogP contribution in [-0.4, -0.2) is 43.0 Å². The van der Waals surface area contributed by atoms with E-state index in [0.29, 0.717) is 17.4 Å².